The number of carbonyl (C=O) groups excluding carboxylic acids is 1. The smallest absolute Gasteiger partial charge is 0.253 e. The third kappa shape index (κ3) is 3.16. The van der Waals surface area contributed by atoms with Crippen LogP contribution in [0, 0.1) is 6.92 Å². The molecule has 1 aliphatic heterocycles. The highest BCUT2D eigenvalue weighted by atomic mass is 32.2. The number of rotatable bonds is 4. The molecular formula is C17H17N3O3S3. The molecule has 4 rings (SSSR count). The van der Waals surface area contributed by atoms with Crippen molar-refractivity contribution in [3.63, 3.8) is 0 Å². The van der Waals surface area contributed by atoms with E-state index in [2.05, 4.69) is 10.3 Å². The largest absolute Gasteiger partial charge is 0.325 e. The summed E-state index contributed by atoms with van der Waals surface area (Å²) in [5, 5.41) is 5.56. The SMILES string of the molecule is Cc1nc2ccc(NC(=O)C3CCCN3S(=O)(=O)c3cccs3)cc2s1. The number of fused-ring (bicyclic) bond motifs is 1. The van der Waals surface area contributed by atoms with Crippen molar-refractivity contribution in [3.05, 3.63) is 40.7 Å². The van der Waals surface area contributed by atoms with Crippen molar-refractivity contribution in [2.75, 3.05) is 11.9 Å². The first-order valence-electron chi connectivity index (χ1n) is 8.18. The van der Waals surface area contributed by atoms with Crippen LogP contribution in [0.25, 0.3) is 10.2 Å². The van der Waals surface area contributed by atoms with Crippen LogP contribution in [-0.2, 0) is 14.8 Å². The molecule has 1 aliphatic rings. The van der Waals surface area contributed by atoms with Crippen LogP contribution in [0.5, 0.6) is 0 Å². The molecule has 0 aliphatic carbocycles. The summed E-state index contributed by atoms with van der Waals surface area (Å²) in [5.41, 5.74) is 1.56. The third-order valence-electron chi connectivity index (χ3n) is 4.33. The lowest BCUT2D eigenvalue weighted by atomic mass is 10.2. The van der Waals surface area contributed by atoms with Gasteiger partial charge in [-0.2, -0.15) is 4.31 Å². The molecule has 1 amide bonds. The van der Waals surface area contributed by atoms with Crippen LogP contribution in [0.4, 0.5) is 5.69 Å². The van der Waals surface area contributed by atoms with E-state index in [-0.39, 0.29) is 10.1 Å². The number of thiazole rings is 1. The zero-order chi connectivity index (χ0) is 18.3. The van der Waals surface area contributed by atoms with E-state index in [0.29, 0.717) is 25.1 Å². The fraction of sp³-hybridized carbons (Fsp3) is 0.294. The number of anilines is 1. The first-order valence-corrected chi connectivity index (χ1v) is 11.3. The average molecular weight is 408 g/mol. The highest BCUT2D eigenvalue weighted by molar-refractivity contribution is 7.91. The number of aromatic nitrogens is 1. The van der Waals surface area contributed by atoms with Gasteiger partial charge in [0.05, 0.1) is 15.2 Å². The van der Waals surface area contributed by atoms with Gasteiger partial charge in [0.15, 0.2) is 0 Å². The first kappa shape index (κ1) is 17.6. The molecule has 0 spiro atoms. The molecule has 0 saturated carbocycles. The maximum absolute atomic E-state index is 12.8. The van der Waals surface area contributed by atoms with Crippen molar-refractivity contribution < 1.29 is 13.2 Å². The van der Waals surface area contributed by atoms with Crippen LogP contribution in [0.15, 0.2) is 39.9 Å². The molecule has 6 nitrogen and oxygen atoms in total. The Bertz CT molecular complexity index is 1060. The molecule has 136 valence electrons. The van der Waals surface area contributed by atoms with Gasteiger partial charge in [-0.1, -0.05) is 6.07 Å². The number of nitrogens with zero attached hydrogens (tertiary/aromatic N) is 2. The van der Waals surface area contributed by atoms with E-state index in [4.69, 9.17) is 0 Å². The van der Waals surface area contributed by atoms with Crippen molar-refractivity contribution in [3.8, 4) is 0 Å². The predicted molar refractivity (Wildman–Crippen MR) is 104 cm³/mol. The van der Waals surface area contributed by atoms with Crippen LogP contribution < -0.4 is 5.32 Å². The van der Waals surface area contributed by atoms with Gasteiger partial charge in [-0.15, -0.1) is 22.7 Å². The Balaban J connectivity index is 1.56. The number of aryl methyl sites for hydroxylation is 1. The van der Waals surface area contributed by atoms with Gasteiger partial charge in [0, 0.05) is 12.2 Å². The second kappa shape index (κ2) is 6.73. The minimum absolute atomic E-state index is 0.277. The molecule has 1 fully saturated rings. The normalized spacial score (nSPS) is 18.4. The molecule has 3 aromatic rings. The standard InChI is InChI=1S/C17H17N3O3S3/c1-11-18-13-7-6-12(10-15(13)25-11)19-17(21)14-4-2-8-20(14)26(22,23)16-5-3-9-24-16/h3,5-7,9-10,14H,2,4,8H2,1H3,(H,19,21). The molecule has 0 radical (unpaired) electrons. The summed E-state index contributed by atoms with van der Waals surface area (Å²) >= 11 is 2.73. The van der Waals surface area contributed by atoms with Crippen molar-refractivity contribution in [2.45, 2.75) is 30.0 Å². The van der Waals surface area contributed by atoms with Gasteiger partial charge >= 0.3 is 0 Å². The lowest BCUT2D eigenvalue weighted by molar-refractivity contribution is -0.119. The van der Waals surface area contributed by atoms with Crippen LogP contribution in [-0.4, -0.2) is 36.2 Å². The number of nitrogens with one attached hydrogen (secondary N) is 1. The zero-order valence-corrected chi connectivity index (χ0v) is 16.5. The Morgan fingerprint density at radius 2 is 2.19 bits per heavy atom. The van der Waals surface area contributed by atoms with Crippen molar-refractivity contribution >= 4 is 54.5 Å². The maximum atomic E-state index is 12.8. The molecule has 2 aromatic heterocycles. The minimum atomic E-state index is -3.63. The average Bonchev–Trinajstić information content (AvgIpc) is 3.34. The highest BCUT2D eigenvalue weighted by Gasteiger charge is 2.39. The molecule has 1 unspecified atom stereocenters. The van der Waals surface area contributed by atoms with Crippen molar-refractivity contribution in [1.29, 1.82) is 0 Å². The summed E-state index contributed by atoms with van der Waals surface area (Å²) in [4.78, 5) is 17.2. The quantitative estimate of drug-likeness (QED) is 0.718. The van der Waals surface area contributed by atoms with Crippen LogP contribution >= 0.6 is 22.7 Å². The van der Waals surface area contributed by atoms with E-state index in [1.165, 1.54) is 15.6 Å². The molecule has 3 heterocycles. The van der Waals surface area contributed by atoms with Crippen LogP contribution in [0.2, 0.25) is 0 Å². The summed E-state index contributed by atoms with van der Waals surface area (Å²) < 4.78 is 28.2. The van der Waals surface area contributed by atoms with E-state index < -0.39 is 16.1 Å². The Hall–Kier alpha value is -1.81. The second-order valence-corrected chi connectivity index (χ2v) is 10.4. The predicted octanol–water partition coefficient (Wildman–Crippen LogP) is 3.46. The molecule has 1 atom stereocenters. The van der Waals surface area contributed by atoms with Crippen LogP contribution in [0.1, 0.15) is 17.8 Å². The molecule has 1 N–H and O–H groups in total. The third-order valence-corrected chi connectivity index (χ3v) is 8.54. The molecule has 1 saturated heterocycles. The summed E-state index contributed by atoms with van der Waals surface area (Å²) in [7, 11) is -3.63. The monoisotopic (exact) mass is 407 g/mol. The zero-order valence-electron chi connectivity index (χ0n) is 14.0. The lowest BCUT2D eigenvalue weighted by Crippen LogP contribution is -2.42. The Kier molecular flexibility index (Phi) is 4.55. The van der Waals surface area contributed by atoms with Gasteiger partial charge in [-0.05, 0) is 49.4 Å². The minimum Gasteiger partial charge on any atom is -0.325 e. The summed E-state index contributed by atoms with van der Waals surface area (Å²) in [6.45, 7) is 2.31. The summed E-state index contributed by atoms with van der Waals surface area (Å²) in [6, 6.07) is 8.14. The molecule has 0 bridgehead atoms. The lowest BCUT2D eigenvalue weighted by Gasteiger charge is -2.22. The van der Waals surface area contributed by atoms with E-state index in [1.807, 2.05) is 19.1 Å². The number of thiophene rings is 1. The molecular weight excluding hydrogens is 390 g/mol. The molecule has 9 heteroatoms. The van der Waals surface area contributed by atoms with Gasteiger partial charge in [-0.3, -0.25) is 4.79 Å². The Morgan fingerprint density at radius 1 is 1.35 bits per heavy atom. The topological polar surface area (TPSA) is 79.4 Å². The van der Waals surface area contributed by atoms with E-state index in [0.717, 1.165) is 15.2 Å². The van der Waals surface area contributed by atoms with Gasteiger partial charge < -0.3 is 5.32 Å². The number of amides is 1. The Labute approximate surface area is 159 Å². The number of hydrogen-bond donors (Lipinski definition) is 1. The van der Waals surface area contributed by atoms with E-state index in [1.54, 1.807) is 34.9 Å². The number of benzene rings is 1. The second-order valence-electron chi connectivity index (χ2n) is 6.11. The summed E-state index contributed by atoms with van der Waals surface area (Å²) in [6.07, 6.45) is 1.20. The number of carbonyl (C=O) groups is 1. The number of sulfonamides is 1. The maximum Gasteiger partial charge on any atom is 0.253 e. The highest BCUT2D eigenvalue weighted by Crippen LogP contribution is 2.30. The van der Waals surface area contributed by atoms with Gasteiger partial charge in [0.2, 0.25) is 5.91 Å². The van der Waals surface area contributed by atoms with Crippen LogP contribution in [0.3, 0.4) is 0 Å². The fourth-order valence-corrected chi connectivity index (χ4v) is 6.80. The number of hydrogen-bond acceptors (Lipinski definition) is 6. The fourth-order valence-electron chi connectivity index (χ4n) is 3.16. The van der Waals surface area contributed by atoms with E-state index >= 15 is 0 Å². The van der Waals surface area contributed by atoms with Crippen molar-refractivity contribution in [2.24, 2.45) is 0 Å². The first-order chi connectivity index (χ1) is 12.4. The van der Waals surface area contributed by atoms with Gasteiger partial charge in [0.25, 0.3) is 10.0 Å². The molecule has 1 aromatic carbocycles. The molecule has 26 heavy (non-hydrogen) atoms. The van der Waals surface area contributed by atoms with Gasteiger partial charge in [0.1, 0.15) is 10.3 Å². The Morgan fingerprint density at radius 3 is 2.96 bits per heavy atom. The van der Waals surface area contributed by atoms with E-state index in [9.17, 15) is 13.2 Å². The van der Waals surface area contributed by atoms with Crippen molar-refractivity contribution in [1.82, 2.24) is 9.29 Å². The summed E-state index contributed by atoms with van der Waals surface area (Å²) in [5.74, 6) is -0.289. The van der Waals surface area contributed by atoms with Gasteiger partial charge in [-0.25, -0.2) is 13.4 Å².